The number of nitrogens with one attached hydrogen (secondary N) is 2. The molecule has 0 saturated carbocycles. The zero-order valence-electron chi connectivity index (χ0n) is 9.39. The van der Waals surface area contributed by atoms with Crippen LogP contribution in [0.5, 0.6) is 0 Å². The van der Waals surface area contributed by atoms with Gasteiger partial charge >= 0.3 is 6.03 Å². The fourth-order valence-corrected chi connectivity index (χ4v) is 2.51. The highest BCUT2D eigenvalue weighted by molar-refractivity contribution is 6.08. The summed E-state index contributed by atoms with van der Waals surface area (Å²) >= 11 is 0. The molecule has 0 aliphatic carbocycles. The molecule has 2 aliphatic heterocycles. The number of likely N-dealkylation sites (N-methyl/N-ethyl adjacent to an activating group) is 1. The van der Waals surface area contributed by atoms with Crippen LogP contribution < -0.4 is 5.32 Å². The number of ether oxygens (including phenoxy) is 1. The van der Waals surface area contributed by atoms with Crippen molar-refractivity contribution in [1.82, 2.24) is 10.2 Å². The zero-order chi connectivity index (χ0) is 11.3. The molecule has 5 nitrogen and oxygen atoms in total. The molecule has 1 unspecified atom stereocenters. The molecular weight excluding hydrogens is 194 g/mol. The molecule has 2 rings (SSSR count). The van der Waals surface area contributed by atoms with Gasteiger partial charge in [-0.15, -0.1) is 0 Å². The number of hydrogen-bond acceptors (Lipinski definition) is 3. The van der Waals surface area contributed by atoms with E-state index >= 15 is 0 Å². The van der Waals surface area contributed by atoms with E-state index in [0.29, 0.717) is 25.3 Å². The molecule has 2 heterocycles. The Morgan fingerprint density at radius 2 is 2.20 bits per heavy atom. The topological polar surface area (TPSA) is 65.4 Å². The van der Waals surface area contributed by atoms with Crippen molar-refractivity contribution in [3.05, 3.63) is 0 Å². The second-order valence-corrected chi connectivity index (χ2v) is 4.93. The van der Waals surface area contributed by atoms with Gasteiger partial charge in [-0.05, 0) is 13.8 Å². The third-order valence-electron chi connectivity index (χ3n) is 3.37. The van der Waals surface area contributed by atoms with Crippen LogP contribution in [0, 0.1) is 5.41 Å². The van der Waals surface area contributed by atoms with E-state index in [1.807, 2.05) is 13.8 Å². The maximum Gasteiger partial charge on any atom is 0.323 e. The molecule has 84 valence electrons. The van der Waals surface area contributed by atoms with Gasteiger partial charge < -0.3 is 9.64 Å². The lowest BCUT2D eigenvalue weighted by Gasteiger charge is -2.44. The Balaban J connectivity index is 2.33. The van der Waals surface area contributed by atoms with Crippen molar-refractivity contribution in [2.24, 2.45) is 0 Å². The predicted molar refractivity (Wildman–Crippen MR) is 56.0 cm³/mol. The first-order valence-corrected chi connectivity index (χ1v) is 5.15. The number of hydrogen-bond donors (Lipinski definition) is 2. The molecule has 2 fully saturated rings. The van der Waals surface area contributed by atoms with E-state index in [0.717, 1.165) is 0 Å². The Hall–Kier alpha value is -1.10. The first-order chi connectivity index (χ1) is 6.87. The summed E-state index contributed by atoms with van der Waals surface area (Å²) in [5.41, 5.74) is -0.746. The van der Waals surface area contributed by atoms with Crippen molar-refractivity contribution < 1.29 is 9.53 Å². The molecule has 2 N–H and O–H groups in total. The van der Waals surface area contributed by atoms with E-state index in [1.165, 1.54) is 0 Å². The minimum Gasteiger partial charge on any atom is -0.375 e. The molecule has 5 heteroatoms. The number of rotatable bonds is 0. The van der Waals surface area contributed by atoms with Gasteiger partial charge in [0.2, 0.25) is 0 Å². The smallest absolute Gasteiger partial charge is 0.323 e. The van der Waals surface area contributed by atoms with E-state index in [2.05, 4.69) is 5.32 Å². The van der Waals surface area contributed by atoms with Gasteiger partial charge in [0.25, 0.3) is 0 Å². The van der Waals surface area contributed by atoms with Crippen LogP contribution in [-0.4, -0.2) is 41.6 Å². The Labute approximate surface area is 89.3 Å². The average Bonchev–Trinajstić information content (AvgIpc) is 2.30. The van der Waals surface area contributed by atoms with E-state index in [-0.39, 0.29) is 11.6 Å². The normalized spacial score (nSPS) is 34.7. The van der Waals surface area contributed by atoms with Gasteiger partial charge in [0.1, 0.15) is 11.4 Å². The monoisotopic (exact) mass is 211 g/mol. The van der Waals surface area contributed by atoms with Crippen molar-refractivity contribution >= 4 is 11.9 Å². The number of amidine groups is 1. The summed E-state index contributed by atoms with van der Waals surface area (Å²) in [6.45, 7) is 4.59. The Morgan fingerprint density at radius 1 is 1.53 bits per heavy atom. The minimum absolute atomic E-state index is 0.183. The molecular formula is C10H17N3O2. The first kappa shape index (κ1) is 10.4. The van der Waals surface area contributed by atoms with E-state index in [1.54, 1.807) is 11.9 Å². The molecule has 2 amide bonds. The van der Waals surface area contributed by atoms with Crippen LogP contribution in [0.4, 0.5) is 4.79 Å². The highest BCUT2D eigenvalue weighted by Gasteiger charge is 2.53. The van der Waals surface area contributed by atoms with Crippen LogP contribution in [-0.2, 0) is 4.74 Å². The van der Waals surface area contributed by atoms with E-state index in [4.69, 9.17) is 10.1 Å². The predicted octanol–water partition coefficient (Wildman–Crippen LogP) is 0.946. The molecule has 15 heavy (non-hydrogen) atoms. The van der Waals surface area contributed by atoms with Crippen LogP contribution in [0.25, 0.3) is 0 Å². The largest absolute Gasteiger partial charge is 0.375 e. The van der Waals surface area contributed by atoms with Crippen molar-refractivity contribution in [2.45, 2.75) is 37.8 Å². The quantitative estimate of drug-likeness (QED) is 0.626. The number of urea groups is 1. The fourth-order valence-electron chi connectivity index (χ4n) is 2.51. The van der Waals surface area contributed by atoms with Crippen LogP contribution in [0.15, 0.2) is 0 Å². The molecule has 0 radical (unpaired) electrons. The van der Waals surface area contributed by atoms with Gasteiger partial charge in [-0.2, -0.15) is 0 Å². The Bertz CT molecular complexity index is 327. The van der Waals surface area contributed by atoms with E-state index < -0.39 is 5.54 Å². The molecule has 0 aromatic carbocycles. The molecule has 1 atom stereocenters. The Kier molecular flexibility index (Phi) is 2.05. The lowest BCUT2D eigenvalue weighted by molar-refractivity contribution is -0.0859. The standard InChI is InChI=1S/C10H17N3O2/c1-9(2)6-10(4-5-15-9)7(11)12-8(14)13(10)3/h4-6H2,1-3H3,(H2,11,12,14). The lowest BCUT2D eigenvalue weighted by Crippen LogP contribution is -2.56. The minimum atomic E-state index is -0.473. The maximum atomic E-state index is 11.5. The van der Waals surface area contributed by atoms with Crippen molar-refractivity contribution in [3.8, 4) is 0 Å². The summed E-state index contributed by atoms with van der Waals surface area (Å²) in [6.07, 6.45) is 1.37. The number of carbonyl (C=O) groups excluding carboxylic acids is 1. The second-order valence-electron chi connectivity index (χ2n) is 4.93. The van der Waals surface area contributed by atoms with Crippen LogP contribution in [0.1, 0.15) is 26.7 Å². The molecule has 2 saturated heterocycles. The number of nitrogens with zero attached hydrogens (tertiary/aromatic N) is 1. The van der Waals surface area contributed by atoms with Gasteiger partial charge in [0, 0.05) is 26.5 Å². The number of amides is 2. The summed E-state index contributed by atoms with van der Waals surface area (Å²) in [4.78, 5) is 13.1. The van der Waals surface area contributed by atoms with Crippen LogP contribution in [0.3, 0.4) is 0 Å². The van der Waals surface area contributed by atoms with Gasteiger partial charge in [-0.25, -0.2) is 4.79 Å². The molecule has 0 aromatic rings. The average molecular weight is 211 g/mol. The van der Waals surface area contributed by atoms with Crippen molar-refractivity contribution in [3.63, 3.8) is 0 Å². The highest BCUT2D eigenvalue weighted by Crippen LogP contribution is 2.38. The van der Waals surface area contributed by atoms with Gasteiger partial charge in [0.15, 0.2) is 0 Å². The molecule has 0 bridgehead atoms. The van der Waals surface area contributed by atoms with E-state index in [9.17, 15) is 4.79 Å². The first-order valence-electron chi connectivity index (χ1n) is 5.15. The third kappa shape index (κ3) is 1.42. The fraction of sp³-hybridized carbons (Fsp3) is 0.800. The highest BCUT2D eigenvalue weighted by atomic mass is 16.5. The maximum absolute atomic E-state index is 11.5. The summed E-state index contributed by atoms with van der Waals surface area (Å²) in [7, 11) is 1.75. The summed E-state index contributed by atoms with van der Waals surface area (Å²) < 4.78 is 5.62. The molecule has 1 spiro atoms. The Morgan fingerprint density at radius 3 is 2.67 bits per heavy atom. The summed E-state index contributed by atoms with van der Waals surface area (Å²) in [5.74, 6) is 0.311. The number of carbonyl (C=O) groups is 1. The van der Waals surface area contributed by atoms with Gasteiger partial charge in [-0.1, -0.05) is 0 Å². The zero-order valence-corrected chi connectivity index (χ0v) is 9.39. The van der Waals surface area contributed by atoms with Crippen LogP contribution >= 0.6 is 0 Å². The van der Waals surface area contributed by atoms with Crippen molar-refractivity contribution in [2.75, 3.05) is 13.7 Å². The SMILES string of the molecule is CN1C(=O)NC(=N)C12CCOC(C)(C)C2. The second kappa shape index (κ2) is 2.95. The summed E-state index contributed by atoms with van der Waals surface area (Å²) in [6, 6.07) is -0.183. The molecule has 2 aliphatic rings. The van der Waals surface area contributed by atoms with Gasteiger partial charge in [-0.3, -0.25) is 10.7 Å². The third-order valence-corrected chi connectivity index (χ3v) is 3.37. The lowest BCUT2D eigenvalue weighted by atomic mass is 9.80. The van der Waals surface area contributed by atoms with Crippen LogP contribution in [0.2, 0.25) is 0 Å². The molecule has 0 aromatic heterocycles. The van der Waals surface area contributed by atoms with Crippen molar-refractivity contribution in [1.29, 1.82) is 5.41 Å². The summed E-state index contributed by atoms with van der Waals surface area (Å²) in [5, 5.41) is 10.5. The van der Waals surface area contributed by atoms with Gasteiger partial charge in [0.05, 0.1) is 5.60 Å².